The molecule has 22 heavy (non-hydrogen) atoms. The molecule has 0 heterocycles. The predicted molar refractivity (Wildman–Crippen MR) is 88.3 cm³/mol. The summed E-state index contributed by atoms with van der Waals surface area (Å²) in [5.74, 6) is -0.211. The van der Waals surface area contributed by atoms with Crippen molar-refractivity contribution in [3.63, 3.8) is 0 Å². The summed E-state index contributed by atoms with van der Waals surface area (Å²) in [4.78, 5) is 24.1. The third-order valence-corrected chi connectivity index (χ3v) is 3.53. The highest BCUT2D eigenvalue weighted by Gasteiger charge is 2.10. The van der Waals surface area contributed by atoms with Gasteiger partial charge in [-0.1, -0.05) is 42.5 Å². The highest BCUT2D eigenvalue weighted by molar-refractivity contribution is 6.11. The van der Waals surface area contributed by atoms with Crippen molar-refractivity contribution >= 4 is 28.2 Å². The van der Waals surface area contributed by atoms with Gasteiger partial charge in [-0.2, -0.15) is 0 Å². The van der Waals surface area contributed by atoms with E-state index >= 15 is 0 Å². The Hall–Kier alpha value is -2.94. The van der Waals surface area contributed by atoms with Gasteiger partial charge in [-0.15, -0.1) is 0 Å². The summed E-state index contributed by atoms with van der Waals surface area (Å²) in [5, 5.41) is 4.68. The molecule has 0 saturated heterocycles. The van der Waals surface area contributed by atoms with Gasteiger partial charge in [0.25, 0.3) is 5.91 Å². The van der Waals surface area contributed by atoms with Crippen LogP contribution in [0.4, 0.5) is 5.69 Å². The van der Waals surface area contributed by atoms with Crippen molar-refractivity contribution in [2.24, 2.45) is 0 Å². The van der Waals surface area contributed by atoms with Crippen molar-refractivity contribution in [2.75, 3.05) is 5.32 Å². The number of ketones is 1. The van der Waals surface area contributed by atoms with E-state index in [0.29, 0.717) is 16.8 Å². The third kappa shape index (κ3) is 2.74. The Morgan fingerprint density at radius 3 is 2.27 bits per heavy atom. The first-order chi connectivity index (χ1) is 10.6. The largest absolute Gasteiger partial charge is 0.322 e. The molecule has 3 rings (SSSR count). The maximum absolute atomic E-state index is 12.2. The first-order valence-electron chi connectivity index (χ1n) is 7.05. The van der Waals surface area contributed by atoms with Crippen LogP contribution in [-0.2, 0) is 0 Å². The Balaban J connectivity index is 2.01. The third-order valence-electron chi connectivity index (χ3n) is 3.53. The molecule has 3 aromatic carbocycles. The number of hydrogen-bond acceptors (Lipinski definition) is 2. The van der Waals surface area contributed by atoms with E-state index in [9.17, 15) is 9.59 Å². The maximum atomic E-state index is 12.2. The van der Waals surface area contributed by atoms with Crippen LogP contribution in [0.2, 0.25) is 0 Å². The number of anilines is 1. The van der Waals surface area contributed by atoms with Gasteiger partial charge in [0.1, 0.15) is 0 Å². The second-order valence-corrected chi connectivity index (χ2v) is 5.12. The molecule has 3 aromatic rings. The summed E-state index contributed by atoms with van der Waals surface area (Å²) in [6, 6.07) is 20.3. The fraction of sp³-hybridized carbons (Fsp3) is 0.0526. The zero-order chi connectivity index (χ0) is 15.5. The SMILES string of the molecule is CC(=O)c1cc(NC(=O)c2ccccc2)cc2ccccc12. The minimum Gasteiger partial charge on any atom is -0.322 e. The van der Waals surface area contributed by atoms with Gasteiger partial charge in [-0.25, -0.2) is 0 Å². The quantitative estimate of drug-likeness (QED) is 0.731. The van der Waals surface area contributed by atoms with Crippen LogP contribution in [0.1, 0.15) is 27.6 Å². The summed E-state index contributed by atoms with van der Waals surface area (Å²) in [7, 11) is 0. The fourth-order valence-electron chi connectivity index (χ4n) is 2.47. The van der Waals surface area contributed by atoms with Crippen LogP contribution in [0.25, 0.3) is 10.8 Å². The lowest BCUT2D eigenvalue weighted by atomic mass is 10.0. The summed E-state index contributed by atoms with van der Waals surface area (Å²) >= 11 is 0. The Morgan fingerprint density at radius 2 is 1.55 bits per heavy atom. The van der Waals surface area contributed by atoms with E-state index < -0.39 is 0 Å². The molecule has 1 amide bonds. The Bertz CT molecular complexity index is 854. The summed E-state index contributed by atoms with van der Waals surface area (Å²) in [5.41, 5.74) is 1.82. The average Bonchev–Trinajstić information content (AvgIpc) is 2.54. The molecule has 0 spiro atoms. The van der Waals surface area contributed by atoms with E-state index in [-0.39, 0.29) is 11.7 Å². The number of nitrogens with one attached hydrogen (secondary N) is 1. The van der Waals surface area contributed by atoms with Crippen LogP contribution in [0.3, 0.4) is 0 Å². The Morgan fingerprint density at radius 1 is 0.864 bits per heavy atom. The molecule has 0 atom stereocenters. The number of Topliss-reactive ketones (excluding diaryl/α,β-unsaturated/α-hetero) is 1. The summed E-state index contributed by atoms with van der Waals surface area (Å²) < 4.78 is 0. The molecule has 0 aliphatic carbocycles. The number of fused-ring (bicyclic) bond motifs is 1. The highest BCUT2D eigenvalue weighted by atomic mass is 16.1. The average molecular weight is 289 g/mol. The van der Waals surface area contributed by atoms with E-state index in [1.807, 2.05) is 48.5 Å². The summed E-state index contributed by atoms with van der Waals surface area (Å²) in [6.07, 6.45) is 0. The number of carbonyl (C=O) groups is 2. The van der Waals surface area contributed by atoms with E-state index in [0.717, 1.165) is 10.8 Å². The van der Waals surface area contributed by atoms with Gasteiger partial charge in [0.05, 0.1) is 0 Å². The molecule has 0 aliphatic heterocycles. The Labute approximate surface area is 128 Å². The molecule has 0 saturated carbocycles. The number of hydrogen-bond donors (Lipinski definition) is 1. The number of carbonyl (C=O) groups excluding carboxylic acids is 2. The minimum absolute atomic E-state index is 0.0213. The van der Waals surface area contributed by atoms with Crippen molar-refractivity contribution in [3.05, 3.63) is 77.9 Å². The molecule has 0 fully saturated rings. The monoisotopic (exact) mass is 289 g/mol. The van der Waals surface area contributed by atoms with Crippen molar-refractivity contribution in [1.82, 2.24) is 0 Å². The van der Waals surface area contributed by atoms with Crippen molar-refractivity contribution < 1.29 is 9.59 Å². The molecule has 3 heteroatoms. The molecule has 0 radical (unpaired) electrons. The first kappa shape index (κ1) is 14.0. The van der Waals surface area contributed by atoms with E-state index in [4.69, 9.17) is 0 Å². The molecule has 0 aliphatic rings. The van der Waals surface area contributed by atoms with Crippen LogP contribution in [0, 0.1) is 0 Å². The molecule has 3 nitrogen and oxygen atoms in total. The van der Waals surface area contributed by atoms with Crippen LogP contribution >= 0.6 is 0 Å². The lowest BCUT2D eigenvalue weighted by molar-refractivity contribution is 0.101. The second kappa shape index (κ2) is 5.82. The second-order valence-electron chi connectivity index (χ2n) is 5.12. The van der Waals surface area contributed by atoms with Crippen LogP contribution in [-0.4, -0.2) is 11.7 Å². The van der Waals surface area contributed by atoms with E-state index in [2.05, 4.69) is 5.32 Å². The van der Waals surface area contributed by atoms with Gasteiger partial charge in [-0.3, -0.25) is 9.59 Å². The molecule has 1 N–H and O–H groups in total. The molecule has 0 bridgehead atoms. The lowest BCUT2D eigenvalue weighted by Gasteiger charge is -2.10. The smallest absolute Gasteiger partial charge is 0.255 e. The van der Waals surface area contributed by atoms with Crippen LogP contribution < -0.4 is 5.32 Å². The predicted octanol–water partition coefficient (Wildman–Crippen LogP) is 4.29. The van der Waals surface area contributed by atoms with Gasteiger partial charge >= 0.3 is 0 Å². The first-order valence-corrected chi connectivity index (χ1v) is 7.05. The van der Waals surface area contributed by atoms with Gasteiger partial charge in [0, 0.05) is 16.8 Å². The minimum atomic E-state index is -0.189. The van der Waals surface area contributed by atoms with Gasteiger partial charge in [0.15, 0.2) is 5.78 Å². The van der Waals surface area contributed by atoms with Gasteiger partial charge in [0.2, 0.25) is 0 Å². The standard InChI is InChI=1S/C19H15NO2/c1-13(21)18-12-16(11-15-9-5-6-10-17(15)18)20-19(22)14-7-3-2-4-8-14/h2-12H,1H3,(H,20,22). The molecule has 0 aromatic heterocycles. The molecular weight excluding hydrogens is 274 g/mol. The topological polar surface area (TPSA) is 46.2 Å². The molecule has 0 unspecified atom stereocenters. The van der Waals surface area contributed by atoms with E-state index in [1.165, 1.54) is 6.92 Å². The normalized spacial score (nSPS) is 10.4. The number of amides is 1. The van der Waals surface area contributed by atoms with Gasteiger partial charge in [-0.05, 0) is 42.0 Å². The summed E-state index contributed by atoms with van der Waals surface area (Å²) in [6.45, 7) is 1.53. The van der Waals surface area contributed by atoms with Crippen LogP contribution in [0.15, 0.2) is 66.7 Å². The zero-order valence-electron chi connectivity index (χ0n) is 12.2. The highest BCUT2D eigenvalue weighted by Crippen LogP contribution is 2.24. The van der Waals surface area contributed by atoms with Crippen LogP contribution in [0.5, 0.6) is 0 Å². The number of benzene rings is 3. The fourth-order valence-corrected chi connectivity index (χ4v) is 2.47. The molecule has 108 valence electrons. The van der Waals surface area contributed by atoms with Crippen molar-refractivity contribution in [3.8, 4) is 0 Å². The lowest BCUT2D eigenvalue weighted by Crippen LogP contribution is -2.12. The van der Waals surface area contributed by atoms with Crippen molar-refractivity contribution in [1.29, 1.82) is 0 Å². The Kier molecular flexibility index (Phi) is 3.71. The van der Waals surface area contributed by atoms with E-state index in [1.54, 1.807) is 18.2 Å². The van der Waals surface area contributed by atoms with Gasteiger partial charge < -0.3 is 5.32 Å². The molecular formula is C19H15NO2. The zero-order valence-corrected chi connectivity index (χ0v) is 12.2. The van der Waals surface area contributed by atoms with Crippen molar-refractivity contribution in [2.45, 2.75) is 6.92 Å². The number of rotatable bonds is 3. The maximum Gasteiger partial charge on any atom is 0.255 e.